The van der Waals surface area contributed by atoms with Gasteiger partial charge in [-0.05, 0) is 92.1 Å². The molecule has 0 bridgehead atoms. The molecule has 0 atom stereocenters. The van der Waals surface area contributed by atoms with Crippen molar-refractivity contribution in [2.45, 2.75) is 27.2 Å². The Labute approximate surface area is 226 Å². The van der Waals surface area contributed by atoms with Crippen LogP contribution in [0, 0.1) is 13.8 Å². The van der Waals surface area contributed by atoms with Gasteiger partial charge >= 0.3 is 0 Å². The molecule has 0 aliphatic carbocycles. The second kappa shape index (κ2) is 11.6. The van der Waals surface area contributed by atoms with E-state index in [0.29, 0.717) is 0 Å². The van der Waals surface area contributed by atoms with Crippen molar-refractivity contribution in [1.29, 1.82) is 0 Å². The van der Waals surface area contributed by atoms with Crippen molar-refractivity contribution >= 4 is 34.7 Å². The smallest absolute Gasteiger partial charge is 0.0655 e. The lowest BCUT2D eigenvalue weighted by molar-refractivity contribution is 1.07. The summed E-state index contributed by atoms with van der Waals surface area (Å²) < 4.78 is 0. The lowest BCUT2D eigenvalue weighted by atomic mass is 10.1. The summed E-state index contributed by atoms with van der Waals surface area (Å²) in [4.78, 5) is 2.28. The Bertz CT molecular complexity index is 1440. The van der Waals surface area contributed by atoms with Crippen LogP contribution in [0.4, 0.5) is 28.4 Å². The topological polar surface area (TPSA) is 18.8 Å². The largest absolute Gasteiger partial charge is 0.311 e. The number of rotatable bonds is 8. The van der Waals surface area contributed by atoms with E-state index in [1.807, 2.05) is 29.4 Å². The Kier molecular flexibility index (Phi) is 7.65. The van der Waals surface area contributed by atoms with Crippen molar-refractivity contribution < 1.29 is 0 Å². The van der Waals surface area contributed by atoms with Crippen LogP contribution in [0.1, 0.15) is 29.2 Å². The van der Waals surface area contributed by atoms with E-state index in [2.05, 4.69) is 135 Å². The zero-order valence-corrected chi connectivity index (χ0v) is 22.3. The highest BCUT2D eigenvalue weighted by atomic mass is 15.5. The lowest BCUT2D eigenvalue weighted by Crippen LogP contribution is -2.10. The molecule has 3 heteroatoms. The van der Waals surface area contributed by atoms with E-state index in [1.165, 1.54) is 16.7 Å². The van der Waals surface area contributed by atoms with Gasteiger partial charge in [0.2, 0.25) is 0 Å². The van der Waals surface area contributed by atoms with Gasteiger partial charge in [-0.15, -0.1) is 0 Å². The van der Waals surface area contributed by atoms with Gasteiger partial charge in [-0.3, -0.25) is 0 Å². The summed E-state index contributed by atoms with van der Waals surface area (Å²) in [5, 5.41) is 6.91. The van der Waals surface area contributed by atoms with E-state index in [9.17, 15) is 0 Å². The number of hydrogen-bond donors (Lipinski definition) is 0. The van der Waals surface area contributed by atoms with Gasteiger partial charge in [-0.25, -0.2) is 5.01 Å². The van der Waals surface area contributed by atoms with Crippen molar-refractivity contribution in [3.8, 4) is 0 Å². The quantitative estimate of drug-likeness (QED) is 0.158. The third-order valence-electron chi connectivity index (χ3n) is 6.62. The molecule has 188 valence electrons. The van der Waals surface area contributed by atoms with E-state index < -0.39 is 0 Å². The standard InChI is InChI=1S/C35H33N3/c1-4-29-9-8-12-35(25-29)38(34-10-6-5-7-11-34)36-26-30-17-23-33(24-18-30)37(31-19-13-27(2)14-20-31)32-21-15-28(3)16-22-32/h5-26H,4H2,1-3H3/b36-26+. The molecule has 5 aromatic rings. The highest BCUT2D eigenvalue weighted by Crippen LogP contribution is 2.35. The normalized spacial score (nSPS) is 11.0. The number of para-hydroxylation sites is 1. The van der Waals surface area contributed by atoms with Crippen molar-refractivity contribution in [1.82, 2.24) is 0 Å². The number of benzene rings is 5. The molecule has 5 rings (SSSR count). The Hall–Kier alpha value is -4.63. The SMILES string of the molecule is CCc1cccc(N(/N=C/c2ccc(N(c3ccc(C)cc3)c3ccc(C)cc3)cc2)c2ccccc2)c1. The Morgan fingerprint density at radius 3 is 1.63 bits per heavy atom. The third-order valence-corrected chi connectivity index (χ3v) is 6.62. The first-order valence-electron chi connectivity index (χ1n) is 13.1. The number of anilines is 5. The Balaban J connectivity index is 1.46. The van der Waals surface area contributed by atoms with E-state index in [-0.39, 0.29) is 0 Å². The molecular formula is C35H33N3. The van der Waals surface area contributed by atoms with E-state index in [1.54, 1.807) is 0 Å². The number of hydrazone groups is 1. The first-order chi connectivity index (χ1) is 18.6. The fraction of sp³-hybridized carbons (Fsp3) is 0.114. The highest BCUT2D eigenvalue weighted by molar-refractivity contribution is 5.84. The maximum absolute atomic E-state index is 4.91. The summed E-state index contributed by atoms with van der Waals surface area (Å²) in [6, 6.07) is 44.7. The molecule has 0 saturated carbocycles. The van der Waals surface area contributed by atoms with Crippen LogP contribution in [0.2, 0.25) is 0 Å². The van der Waals surface area contributed by atoms with Crippen LogP contribution < -0.4 is 9.91 Å². The first-order valence-corrected chi connectivity index (χ1v) is 13.1. The highest BCUT2D eigenvalue weighted by Gasteiger charge is 2.12. The summed E-state index contributed by atoms with van der Waals surface area (Å²) in [5.74, 6) is 0. The molecular weight excluding hydrogens is 462 g/mol. The van der Waals surface area contributed by atoms with Gasteiger partial charge in [-0.1, -0.05) is 84.8 Å². The van der Waals surface area contributed by atoms with Crippen LogP contribution in [0.25, 0.3) is 0 Å². The molecule has 0 unspecified atom stereocenters. The number of aryl methyl sites for hydroxylation is 3. The lowest BCUT2D eigenvalue weighted by Gasteiger charge is -2.26. The van der Waals surface area contributed by atoms with Gasteiger partial charge in [0.25, 0.3) is 0 Å². The van der Waals surface area contributed by atoms with Crippen LogP contribution in [0.15, 0.2) is 132 Å². The molecule has 0 aromatic heterocycles. The maximum Gasteiger partial charge on any atom is 0.0655 e. The van der Waals surface area contributed by atoms with Crippen molar-refractivity contribution in [2.24, 2.45) is 5.10 Å². The van der Waals surface area contributed by atoms with Gasteiger partial charge in [-0.2, -0.15) is 5.10 Å². The van der Waals surface area contributed by atoms with Gasteiger partial charge in [0.15, 0.2) is 0 Å². The van der Waals surface area contributed by atoms with Gasteiger partial charge in [0.05, 0.1) is 17.6 Å². The minimum atomic E-state index is 0.986. The van der Waals surface area contributed by atoms with Crippen LogP contribution in [0.5, 0.6) is 0 Å². The van der Waals surface area contributed by atoms with Crippen LogP contribution in [-0.2, 0) is 6.42 Å². The van der Waals surface area contributed by atoms with Crippen LogP contribution >= 0.6 is 0 Å². The number of hydrogen-bond acceptors (Lipinski definition) is 3. The van der Waals surface area contributed by atoms with Crippen molar-refractivity contribution in [3.63, 3.8) is 0 Å². The average Bonchev–Trinajstić information content (AvgIpc) is 2.97. The van der Waals surface area contributed by atoms with Gasteiger partial charge < -0.3 is 4.90 Å². The summed E-state index contributed by atoms with van der Waals surface area (Å²) in [6.07, 6.45) is 2.91. The Morgan fingerprint density at radius 1 is 0.553 bits per heavy atom. The molecule has 0 radical (unpaired) electrons. The zero-order valence-electron chi connectivity index (χ0n) is 22.3. The van der Waals surface area contributed by atoms with E-state index in [4.69, 9.17) is 5.10 Å². The minimum absolute atomic E-state index is 0.986. The summed E-state index contributed by atoms with van der Waals surface area (Å²) in [6.45, 7) is 6.41. The second-order valence-electron chi connectivity index (χ2n) is 9.51. The third kappa shape index (κ3) is 5.84. The van der Waals surface area contributed by atoms with Gasteiger partial charge in [0, 0.05) is 17.1 Å². The second-order valence-corrected chi connectivity index (χ2v) is 9.51. The Morgan fingerprint density at radius 2 is 1.08 bits per heavy atom. The van der Waals surface area contributed by atoms with Gasteiger partial charge in [0.1, 0.15) is 0 Å². The molecule has 0 aliphatic heterocycles. The molecule has 0 saturated heterocycles. The van der Waals surface area contributed by atoms with Crippen molar-refractivity contribution in [3.05, 3.63) is 150 Å². The zero-order chi connectivity index (χ0) is 26.3. The monoisotopic (exact) mass is 495 g/mol. The summed E-state index contributed by atoms with van der Waals surface area (Å²) >= 11 is 0. The van der Waals surface area contributed by atoms with E-state index in [0.717, 1.165) is 40.4 Å². The van der Waals surface area contributed by atoms with Crippen LogP contribution in [-0.4, -0.2) is 6.21 Å². The summed E-state index contributed by atoms with van der Waals surface area (Å²) in [7, 11) is 0. The summed E-state index contributed by atoms with van der Waals surface area (Å²) in [5.41, 5.74) is 10.3. The number of nitrogens with zero attached hydrogens (tertiary/aromatic N) is 3. The molecule has 0 heterocycles. The molecule has 5 aromatic carbocycles. The predicted octanol–water partition coefficient (Wildman–Crippen LogP) is 9.51. The predicted molar refractivity (Wildman–Crippen MR) is 163 cm³/mol. The first kappa shape index (κ1) is 25.0. The minimum Gasteiger partial charge on any atom is -0.311 e. The van der Waals surface area contributed by atoms with E-state index >= 15 is 0 Å². The van der Waals surface area contributed by atoms with Crippen LogP contribution in [0.3, 0.4) is 0 Å². The molecule has 3 nitrogen and oxygen atoms in total. The molecule has 38 heavy (non-hydrogen) atoms. The molecule has 0 aliphatic rings. The fourth-order valence-corrected chi connectivity index (χ4v) is 4.43. The average molecular weight is 496 g/mol. The molecule has 0 N–H and O–H groups in total. The molecule has 0 spiro atoms. The molecule has 0 amide bonds. The maximum atomic E-state index is 4.91. The molecule has 0 fully saturated rings. The van der Waals surface area contributed by atoms with Crippen molar-refractivity contribution in [2.75, 3.05) is 9.91 Å². The fourth-order valence-electron chi connectivity index (χ4n) is 4.43.